The molecule has 0 saturated carbocycles. The molecule has 0 bridgehead atoms. The first kappa shape index (κ1) is 14.0. The van der Waals surface area contributed by atoms with Gasteiger partial charge in [0.1, 0.15) is 5.76 Å². The molecule has 1 fully saturated rings. The number of benzene rings is 1. The van der Waals surface area contributed by atoms with E-state index in [0.29, 0.717) is 5.02 Å². The van der Waals surface area contributed by atoms with E-state index in [9.17, 15) is 4.79 Å². The molecule has 1 aromatic heterocycles. The molecule has 1 N–H and O–H groups in total. The zero-order valence-electron chi connectivity index (χ0n) is 11.8. The van der Waals surface area contributed by atoms with Crippen molar-refractivity contribution in [2.24, 2.45) is 0 Å². The lowest BCUT2D eigenvalue weighted by Gasteiger charge is -2.24. The number of nitrogens with one attached hydrogen (secondary N) is 1. The number of carbonyl (C=O) groups excluding carboxylic acids is 1. The van der Waals surface area contributed by atoms with Crippen LogP contribution in [0.5, 0.6) is 0 Å². The Kier molecular flexibility index (Phi) is 3.88. The second-order valence-corrected chi connectivity index (χ2v) is 5.62. The molecule has 1 atom stereocenters. The number of amides is 2. The third-order valence-corrected chi connectivity index (χ3v) is 4.30. The molecule has 1 aliphatic heterocycles. The van der Waals surface area contributed by atoms with Gasteiger partial charge < -0.3 is 14.6 Å². The second-order valence-electron chi connectivity index (χ2n) is 5.21. The molecule has 2 amide bonds. The predicted molar refractivity (Wildman–Crippen MR) is 82.6 cm³/mol. The van der Waals surface area contributed by atoms with E-state index >= 15 is 0 Å². The van der Waals surface area contributed by atoms with Crippen molar-refractivity contribution in [3.05, 3.63) is 52.9 Å². The fraction of sp³-hybridized carbons (Fsp3) is 0.312. The van der Waals surface area contributed by atoms with Gasteiger partial charge in [-0.25, -0.2) is 4.79 Å². The Labute approximate surface area is 128 Å². The number of urea groups is 1. The van der Waals surface area contributed by atoms with Gasteiger partial charge >= 0.3 is 6.03 Å². The Morgan fingerprint density at radius 2 is 2.24 bits per heavy atom. The van der Waals surface area contributed by atoms with Gasteiger partial charge in [-0.05, 0) is 49.6 Å². The summed E-state index contributed by atoms with van der Waals surface area (Å²) < 4.78 is 5.45. The number of hydrogen-bond acceptors (Lipinski definition) is 2. The summed E-state index contributed by atoms with van der Waals surface area (Å²) >= 11 is 6.09. The van der Waals surface area contributed by atoms with Crippen molar-refractivity contribution in [2.45, 2.75) is 25.8 Å². The summed E-state index contributed by atoms with van der Waals surface area (Å²) in [5.41, 5.74) is 1.62. The van der Waals surface area contributed by atoms with Crippen molar-refractivity contribution < 1.29 is 9.21 Å². The van der Waals surface area contributed by atoms with Crippen molar-refractivity contribution in [1.82, 2.24) is 4.90 Å². The Balaban J connectivity index is 1.77. The molecular weight excluding hydrogens is 288 g/mol. The van der Waals surface area contributed by atoms with Crippen molar-refractivity contribution in [3.8, 4) is 0 Å². The van der Waals surface area contributed by atoms with Crippen LogP contribution in [0.25, 0.3) is 0 Å². The van der Waals surface area contributed by atoms with Gasteiger partial charge in [0.25, 0.3) is 0 Å². The van der Waals surface area contributed by atoms with Crippen LogP contribution < -0.4 is 5.32 Å². The zero-order valence-corrected chi connectivity index (χ0v) is 12.6. The SMILES string of the molecule is Cc1c(Cl)cccc1NC(=O)N1CCCC1c1ccco1. The molecule has 110 valence electrons. The first-order chi connectivity index (χ1) is 10.2. The standard InChI is InChI=1S/C16H17ClN2O2/c1-11-12(17)5-2-6-13(11)18-16(20)19-9-3-7-14(19)15-8-4-10-21-15/h2,4-6,8,10,14H,3,7,9H2,1H3,(H,18,20). The van der Waals surface area contributed by atoms with Gasteiger partial charge in [0, 0.05) is 17.3 Å². The normalized spacial score (nSPS) is 18.0. The number of furan rings is 1. The van der Waals surface area contributed by atoms with Gasteiger partial charge in [-0.2, -0.15) is 0 Å². The van der Waals surface area contributed by atoms with Crippen LogP contribution in [0.4, 0.5) is 10.5 Å². The topological polar surface area (TPSA) is 45.5 Å². The lowest BCUT2D eigenvalue weighted by atomic mass is 10.1. The summed E-state index contributed by atoms with van der Waals surface area (Å²) in [5, 5.41) is 3.60. The van der Waals surface area contributed by atoms with Crippen LogP contribution >= 0.6 is 11.6 Å². The summed E-state index contributed by atoms with van der Waals surface area (Å²) in [6, 6.07) is 9.18. The predicted octanol–water partition coefficient (Wildman–Crippen LogP) is 4.61. The maximum atomic E-state index is 12.5. The third kappa shape index (κ3) is 2.76. The van der Waals surface area contributed by atoms with Crippen LogP contribution in [0.3, 0.4) is 0 Å². The maximum Gasteiger partial charge on any atom is 0.322 e. The van der Waals surface area contributed by atoms with Crippen LogP contribution in [-0.2, 0) is 0 Å². The average molecular weight is 305 g/mol. The van der Waals surface area contributed by atoms with Gasteiger partial charge in [0.15, 0.2) is 0 Å². The average Bonchev–Trinajstić information content (AvgIpc) is 3.13. The zero-order chi connectivity index (χ0) is 14.8. The van der Waals surface area contributed by atoms with E-state index in [1.165, 1.54) is 0 Å². The molecule has 1 aliphatic rings. The fourth-order valence-corrected chi connectivity index (χ4v) is 2.89. The van der Waals surface area contributed by atoms with Crippen LogP contribution in [-0.4, -0.2) is 17.5 Å². The molecule has 5 heteroatoms. The first-order valence-electron chi connectivity index (χ1n) is 7.03. The molecule has 0 spiro atoms. The van der Waals surface area contributed by atoms with E-state index in [2.05, 4.69) is 5.32 Å². The first-order valence-corrected chi connectivity index (χ1v) is 7.41. The van der Waals surface area contributed by atoms with Crippen LogP contribution in [0.2, 0.25) is 5.02 Å². The van der Waals surface area contributed by atoms with E-state index in [0.717, 1.165) is 36.4 Å². The molecule has 0 aliphatic carbocycles. The number of halogens is 1. The number of carbonyl (C=O) groups is 1. The van der Waals surface area contributed by atoms with Crippen LogP contribution in [0.15, 0.2) is 41.0 Å². The monoisotopic (exact) mass is 304 g/mol. The summed E-state index contributed by atoms with van der Waals surface area (Å²) in [6.45, 7) is 2.63. The number of rotatable bonds is 2. The lowest BCUT2D eigenvalue weighted by molar-refractivity contribution is 0.200. The lowest BCUT2D eigenvalue weighted by Crippen LogP contribution is -2.34. The highest BCUT2D eigenvalue weighted by atomic mass is 35.5. The minimum atomic E-state index is -0.112. The Morgan fingerprint density at radius 1 is 1.38 bits per heavy atom. The van der Waals surface area contributed by atoms with E-state index < -0.39 is 0 Å². The molecule has 0 radical (unpaired) electrons. The minimum Gasteiger partial charge on any atom is -0.467 e. The van der Waals surface area contributed by atoms with Crippen molar-refractivity contribution in [2.75, 3.05) is 11.9 Å². The van der Waals surface area contributed by atoms with Crippen molar-refractivity contribution in [3.63, 3.8) is 0 Å². The van der Waals surface area contributed by atoms with E-state index in [1.807, 2.05) is 42.2 Å². The van der Waals surface area contributed by atoms with Crippen LogP contribution in [0.1, 0.15) is 30.2 Å². The maximum absolute atomic E-state index is 12.5. The fourth-order valence-electron chi connectivity index (χ4n) is 2.72. The number of hydrogen-bond donors (Lipinski definition) is 1. The minimum absolute atomic E-state index is 0.0134. The summed E-state index contributed by atoms with van der Waals surface area (Å²) in [6.07, 6.45) is 3.55. The summed E-state index contributed by atoms with van der Waals surface area (Å²) in [5.74, 6) is 0.838. The van der Waals surface area contributed by atoms with Crippen LogP contribution in [0, 0.1) is 6.92 Å². The molecule has 1 aromatic carbocycles. The Bertz CT molecular complexity index is 640. The molecule has 1 saturated heterocycles. The van der Waals surface area contributed by atoms with Crippen molar-refractivity contribution >= 4 is 23.3 Å². The highest BCUT2D eigenvalue weighted by Gasteiger charge is 2.31. The molecule has 21 heavy (non-hydrogen) atoms. The molecule has 4 nitrogen and oxygen atoms in total. The highest BCUT2D eigenvalue weighted by molar-refractivity contribution is 6.31. The summed E-state index contributed by atoms with van der Waals surface area (Å²) in [7, 11) is 0. The number of anilines is 1. The number of nitrogens with zero attached hydrogens (tertiary/aromatic N) is 1. The highest BCUT2D eigenvalue weighted by Crippen LogP contribution is 2.33. The molecular formula is C16H17ClN2O2. The Morgan fingerprint density at radius 3 is 3.00 bits per heavy atom. The van der Waals surface area contributed by atoms with Gasteiger partial charge in [0.05, 0.1) is 12.3 Å². The largest absolute Gasteiger partial charge is 0.467 e. The van der Waals surface area contributed by atoms with E-state index in [-0.39, 0.29) is 12.1 Å². The third-order valence-electron chi connectivity index (χ3n) is 3.89. The molecule has 2 aromatic rings. The van der Waals surface area contributed by atoms with Gasteiger partial charge in [0.2, 0.25) is 0 Å². The van der Waals surface area contributed by atoms with E-state index in [1.54, 1.807) is 6.26 Å². The smallest absolute Gasteiger partial charge is 0.322 e. The van der Waals surface area contributed by atoms with Gasteiger partial charge in [-0.15, -0.1) is 0 Å². The number of likely N-dealkylation sites (tertiary alicyclic amines) is 1. The van der Waals surface area contributed by atoms with Gasteiger partial charge in [-0.1, -0.05) is 17.7 Å². The summed E-state index contributed by atoms with van der Waals surface area (Å²) in [4.78, 5) is 14.3. The van der Waals surface area contributed by atoms with E-state index in [4.69, 9.17) is 16.0 Å². The second kappa shape index (κ2) is 5.82. The molecule has 2 heterocycles. The van der Waals surface area contributed by atoms with Gasteiger partial charge in [-0.3, -0.25) is 0 Å². The van der Waals surface area contributed by atoms with Crippen molar-refractivity contribution in [1.29, 1.82) is 0 Å². The Hall–Kier alpha value is -1.94. The molecule has 3 rings (SSSR count). The molecule has 1 unspecified atom stereocenters. The quantitative estimate of drug-likeness (QED) is 0.880.